The number of carbonyl (C=O) groups excluding carboxylic acids is 1. The third kappa shape index (κ3) is 5.97. The maximum atomic E-state index is 12.5. The molecule has 0 aliphatic rings. The summed E-state index contributed by atoms with van der Waals surface area (Å²) in [6.45, 7) is 8.66. The predicted octanol–water partition coefficient (Wildman–Crippen LogP) is 4.56. The van der Waals surface area contributed by atoms with Gasteiger partial charge in [0.15, 0.2) is 0 Å². The summed E-state index contributed by atoms with van der Waals surface area (Å²) in [6.07, 6.45) is 1.64. The minimum absolute atomic E-state index is 0.0838. The van der Waals surface area contributed by atoms with Gasteiger partial charge in [0.25, 0.3) is 5.91 Å². The van der Waals surface area contributed by atoms with Crippen molar-refractivity contribution in [1.29, 1.82) is 5.26 Å². The summed E-state index contributed by atoms with van der Waals surface area (Å²) >= 11 is 0. The van der Waals surface area contributed by atoms with Crippen LogP contribution in [0.25, 0.3) is 0 Å². The number of aliphatic hydroxyl groups is 1. The summed E-state index contributed by atoms with van der Waals surface area (Å²) in [5.41, 5.74) is 5.26. The highest BCUT2D eigenvalue weighted by atomic mass is 16.5. The average molecular weight is 444 g/mol. The van der Waals surface area contributed by atoms with Crippen LogP contribution in [0, 0.1) is 18.3 Å². The number of hydrogen-bond donors (Lipinski definition) is 2. The summed E-state index contributed by atoms with van der Waals surface area (Å²) in [5.74, 6) is 0.257. The van der Waals surface area contributed by atoms with Crippen molar-refractivity contribution in [3.8, 4) is 11.8 Å². The number of pyridine rings is 1. The first-order chi connectivity index (χ1) is 15.7. The molecule has 2 N–H and O–H groups in total. The monoisotopic (exact) mass is 443 g/mol. The Morgan fingerprint density at radius 1 is 1.12 bits per heavy atom. The minimum Gasteiger partial charge on any atom is -0.487 e. The lowest BCUT2D eigenvalue weighted by Crippen LogP contribution is -2.23. The Morgan fingerprint density at radius 2 is 1.79 bits per heavy atom. The Balaban J connectivity index is 1.72. The zero-order valence-corrected chi connectivity index (χ0v) is 19.5. The molecule has 0 fully saturated rings. The molecule has 0 aliphatic carbocycles. The summed E-state index contributed by atoms with van der Waals surface area (Å²) in [5, 5.41) is 21.8. The second-order valence-corrected chi connectivity index (χ2v) is 8.94. The Labute approximate surface area is 194 Å². The van der Waals surface area contributed by atoms with Crippen LogP contribution in [-0.4, -0.2) is 16.0 Å². The molecule has 6 heteroatoms. The van der Waals surface area contributed by atoms with Gasteiger partial charge in [0.1, 0.15) is 12.4 Å². The number of nitriles is 1. The molecular formula is C27H29N3O3. The van der Waals surface area contributed by atoms with Crippen molar-refractivity contribution in [1.82, 2.24) is 10.3 Å². The normalized spacial score (nSPS) is 11.0. The Kier molecular flexibility index (Phi) is 7.47. The van der Waals surface area contributed by atoms with E-state index in [0.717, 1.165) is 5.56 Å². The van der Waals surface area contributed by atoms with Crippen molar-refractivity contribution in [2.24, 2.45) is 0 Å². The lowest BCUT2D eigenvalue weighted by Gasteiger charge is -2.20. The van der Waals surface area contributed by atoms with Crippen LogP contribution in [0.1, 0.15) is 64.6 Å². The number of aryl methyl sites for hydroxylation is 1. The molecule has 6 nitrogen and oxygen atoms in total. The van der Waals surface area contributed by atoms with Gasteiger partial charge in [-0.15, -0.1) is 0 Å². The van der Waals surface area contributed by atoms with E-state index in [2.05, 4.69) is 43.2 Å². The van der Waals surface area contributed by atoms with Crippen LogP contribution < -0.4 is 10.1 Å². The van der Waals surface area contributed by atoms with Gasteiger partial charge >= 0.3 is 0 Å². The first-order valence-electron chi connectivity index (χ1n) is 10.8. The highest BCUT2D eigenvalue weighted by Crippen LogP contribution is 2.27. The molecule has 1 amide bonds. The molecule has 1 aromatic heterocycles. The van der Waals surface area contributed by atoms with Crippen molar-refractivity contribution in [3.63, 3.8) is 0 Å². The van der Waals surface area contributed by atoms with Crippen LogP contribution in [0.4, 0.5) is 0 Å². The second-order valence-electron chi connectivity index (χ2n) is 8.94. The summed E-state index contributed by atoms with van der Waals surface area (Å²) < 4.78 is 6.06. The van der Waals surface area contributed by atoms with Gasteiger partial charge in [-0.25, -0.2) is 0 Å². The topological polar surface area (TPSA) is 95.2 Å². The van der Waals surface area contributed by atoms with E-state index in [0.29, 0.717) is 40.3 Å². The van der Waals surface area contributed by atoms with Crippen LogP contribution in [0.3, 0.4) is 0 Å². The molecule has 0 saturated carbocycles. The van der Waals surface area contributed by atoms with E-state index in [1.807, 2.05) is 25.1 Å². The van der Waals surface area contributed by atoms with E-state index in [1.165, 1.54) is 5.56 Å². The van der Waals surface area contributed by atoms with Gasteiger partial charge in [-0.2, -0.15) is 5.26 Å². The van der Waals surface area contributed by atoms with Gasteiger partial charge < -0.3 is 15.2 Å². The molecule has 0 atom stereocenters. The molecule has 3 aromatic rings. The van der Waals surface area contributed by atoms with Crippen LogP contribution >= 0.6 is 0 Å². The van der Waals surface area contributed by atoms with Crippen LogP contribution in [-0.2, 0) is 25.2 Å². The number of benzene rings is 2. The first-order valence-corrected chi connectivity index (χ1v) is 10.8. The molecule has 2 aromatic carbocycles. The van der Waals surface area contributed by atoms with E-state index in [9.17, 15) is 9.90 Å². The van der Waals surface area contributed by atoms with Gasteiger partial charge in [0.2, 0.25) is 0 Å². The molecule has 0 unspecified atom stereocenters. The number of hydrogen-bond acceptors (Lipinski definition) is 5. The van der Waals surface area contributed by atoms with Crippen molar-refractivity contribution < 1.29 is 14.6 Å². The van der Waals surface area contributed by atoms with Crippen molar-refractivity contribution >= 4 is 5.91 Å². The van der Waals surface area contributed by atoms with Crippen LogP contribution in [0.15, 0.2) is 54.7 Å². The van der Waals surface area contributed by atoms with E-state index >= 15 is 0 Å². The molecule has 1 heterocycles. The van der Waals surface area contributed by atoms with E-state index in [4.69, 9.17) is 10.00 Å². The smallest absolute Gasteiger partial charge is 0.251 e. The van der Waals surface area contributed by atoms with E-state index in [1.54, 1.807) is 30.5 Å². The predicted molar refractivity (Wildman–Crippen MR) is 127 cm³/mol. The molecule has 0 aliphatic heterocycles. The molecular weight excluding hydrogens is 414 g/mol. The molecule has 0 spiro atoms. The molecule has 170 valence electrons. The summed E-state index contributed by atoms with van der Waals surface area (Å²) in [4.78, 5) is 16.9. The number of amides is 1. The Hall–Kier alpha value is -3.69. The fourth-order valence-electron chi connectivity index (χ4n) is 3.42. The molecule has 0 bridgehead atoms. The van der Waals surface area contributed by atoms with Crippen molar-refractivity contribution in [2.45, 2.75) is 52.9 Å². The minimum atomic E-state index is -0.273. The van der Waals surface area contributed by atoms with Crippen molar-refractivity contribution in [2.75, 3.05) is 0 Å². The maximum Gasteiger partial charge on any atom is 0.251 e. The first kappa shape index (κ1) is 24.0. The van der Waals surface area contributed by atoms with E-state index < -0.39 is 0 Å². The van der Waals surface area contributed by atoms with Gasteiger partial charge in [0.05, 0.1) is 23.9 Å². The van der Waals surface area contributed by atoms with Gasteiger partial charge in [-0.3, -0.25) is 9.78 Å². The largest absolute Gasteiger partial charge is 0.487 e. The number of carbonyl (C=O) groups is 1. The zero-order chi connectivity index (χ0) is 24.0. The van der Waals surface area contributed by atoms with Crippen molar-refractivity contribution in [3.05, 3.63) is 93.8 Å². The number of nitrogens with one attached hydrogen (secondary N) is 1. The lowest BCUT2D eigenvalue weighted by molar-refractivity contribution is 0.0950. The highest BCUT2D eigenvalue weighted by molar-refractivity contribution is 5.94. The fraction of sp³-hybridized carbons (Fsp3) is 0.296. The zero-order valence-electron chi connectivity index (χ0n) is 19.5. The molecule has 0 saturated heterocycles. The number of ether oxygens (including phenoxy) is 1. The quantitative estimate of drug-likeness (QED) is 0.558. The Morgan fingerprint density at radius 3 is 2.36 bits per heavy atom. The second kappa shape index (κ2) is 10.3. The third-order valence-corrected chi connectivity index (χ3v) is 5.48. The van der Waals surface area contributed by atoms with Gasteiger partial charge in [-0.1, -0.05) is 45.0 Å². The number of aliphatic hydroxyl groups excluding tert-OH is 1. The van der Waals surface area contributed by atoms with Gasteiger partial charge in [-0.05, 0) is 53.3 Å². The van der Waals surface area contributed by atoms with Gasteiger partial charge in [0, 0.05) is 23.9 Å². The number of nitrogens with zero attached hydrogens (tertiary/aromatic N) is 2. The lowest BCUT2D eigenvalue weighted by atomic mass is 9.87. The SMILES string of the molecule is Cc1ncc(CNC(=O)c2ccc(C#N)cc2)c(CO)c1OCc1ccc(C(C)(C)C)cc1. The Bertz CT molecular complexity index is 1160. The maximum absolute atomic E-state index is 12.5. The molecule has 0 radical (unpaired) electrons. The highest BCUT2D eigenvalue weighted by Gasteiger charge is 2.16. The van der Waals surface area contributed by atoms with E-state index in [-0.39, 0.29) is 24.5 Å². The molecule has 3 rings (SSSR count). The third-order valence-electron chi connectivity index (χ3n) is 5.48. The van der Waals surface area contributed by atoms with Crippen LogP contribution in [0.5, 0.6) is 5.75 Å². The fourth-order valence-corrected chi connectivity index (χ4v) is 3.42. The number of rotatable bonds is 7. The molecule has 33 heavy (non-hydrogen) atoms. The van der Waals surface area contributed by atoms with Crippen LogP contribution in [0.2, 0.25) is 0 Å². The average Bonchev–Trinajstić information content (AvgIpc) is 2.81. The summed E-state index contributed by atoms with van der Waals surface area (Å²) in [7, 11) is 0. The summed E-state index contributed by atoms with van der Waals surface area (Å²) in [6, 6.07) is 16.7. The number of aromatic nitrogens is 1. The standard InChI is InChI=1S/C27H29N3O3/c1-18-25(33-17-20-7-11-23(12-8-20)27(2,3)4)24(16-31)22(14-29-18)15-30-26(32)21-9-5-19(13-28)6-10-21/h5-12,14,31H,15-17H2,1-4H3,(H,30,32).